The average Bonchev–Trinajstić information content (AvgIpc) is 2.38. The normalized spacial score (nSPS) is 10.3. The Morgan fingerprint density at radius 1 is 1.18 bits per heavy atom. The quantitative estimate of drug-likeness (QED) is 0.901. The smallest absolute Gasteiger partial charge is 0.119 e. The number of hydrogen-bond acceptors (Lipinski definition) is 2. The Labute approximate surface area is 105 Å². The molecule has 0 fully saturated rings. The minimum absolute atomic E-state index is 0.0192. The van der Waals surface area contributed by atoms with Gasteiger partial charge in [-0.1, -0.05) is 29.8 Å². The second-order valence-electron chi connectivity index (χ2n) is 3.71. The molecule has 0 aliphatic heterocycles. The summed E-state index contributed by atoms with van der Waals surface area (Å²) in [5.41, 5.74) is 2.68. The molecule has 0 saturated heterocycles. The SMILES string of the molecule is COc1cc(CO)cc(-c2ccccc2Cl)c1. The fraction of sp³-hybridized carbons (Fsp3) is 0.143. The lowest BCUT2D eigenvalue weighted by molar-refractivity contribution is 0.281. The second-order valence-corrected chi connectivity index (χ2v) is 4.11. The Morgan fingerprint density at radius 2 is 1.94 bits per heavy atom. The van der Waals surface area contributed by atoms with Gasteiger partial charge in [-0.15, -0.1) is 0 Å². The van der Waals surface area contributed by atoms with Gasteiger partial charge in [-0.3, -0.25) is 0 Å². The first-order valence-corrected chi connectivity index (χ1v) is 5.66. The van der Waals surface area contributed by atoms with Crippen molar-refractivity contribution >= 4 is 11.6 Å². The van der Waals surface area contributed by atoms with Crippen molar-refractivity contribution in [3.05, 3.63) is 53.1 Å². The lowest BCUT2D eigenvalue weighted by atomic mass is 10.0. The zero-order chi connectivity index (χ0) is 12.3. The van der Waals surface area contributed by atoms with Gasteiger partial charge in [0, 0.05) is 10.6 Å². The molecule has 0 aliphatic rings. The summed E-state index contributed by atoms with van der Waals surface area (Å²) in [7, 11) is 1.60. The van der Waals surface area contributed by atoms with Crippen LogP contribution in [0.3, 0.4) is 0 Å². The second kappa shape index (κ2) is 5.21. The van der Waals surface area contributed by atoms with Gasteiger partial charge in [-0.05, 0) is 35.4 Å². The maximum Gasteiger partial charge on any atom is 0.119 e. The maximum atomic E-state index is 9.21. The minimum atomic E-state index is -0.0192. The molecule has 2 aromatic carbocycles. The van der Waals surface area contributed by atoms with Crippen molar-refractivity contribution in [2.24, 2.45) is 0 Å². The van der Waals surface area contributed by atoms with Crippen LogP contribution in [0.2, 0.25) is 5.02 Å². The highest BCUT2D eigenvalue weighted by molar-refractivity contribution is 6.33. The first kappa shape index (κ1) is 12.0. The molecule has 0 unspecified atom stereocenters. The van der Waals surface area contributed by atoms with Crippen molar-refractivity contribution in [1.29, 1.82) is 0 Å². The Kier molecular flexibility index (Phi) is 3.67. The summed E-state index contributed by atoms with van der Waals surface area (Å²) in [5.74, 6) is 0.714. The Morgan fingerprint density at radius 3 is 2.59 bits per heavy atom. The van der Waals surface area contributed by atoms with Crippen molar-refractivity contribution in [3.8, 4) is 16.9 Å². The number of methoxy groups -OCH3 is 1. The molecular formula is C14H13ClO2. The van der Waals surface area contributed by atoms with Crippen LogP contribution in [0, 0.1) is 0 Å². The molecule has 0 atom stereocenters. The summed E-state index contributed by atoms with van der Waals surface area (Å²) >= 11 is 6.15. The number of ether oxygens (including phenoxy) is 1. The molecule has 88 valence electrons. The summed E-state index contributed by atoms with van der Waals surface area (Å²) in [5, 5.41) is 9.89. The van der Waals surface area contributed by atoms with Crippen molar-refractivity contribution in [2.75, 3.05) is 7.11 Å². The maximum absolute atomic E-state index is 9.21. The van der Waals surface area contributed by atoms with E-state index >= 15 is 0 Å². The molecule has 2 nitrogen and oxygen atoms in total. The van der Waals surface area contributed by atoms with Crippen LogP contribution in [0.5, 0.6) is 5.75 Å². The Hall–Kier alpha value is -1.51. The van der Waals surface area contributed by atoms with Crippen LogP contribution in [0.15, 0.2) is 42.5 Å². The van der Waals surface area contributed by atoms with E-state index < -0.39 is 0 Å². The monoisotopic (exact) mass is 248 g/mol. The number of halogens is 1. The van der Waals surface area contributed by atoms with Crippen molar-refractivity contribution in [1.82, 2.24) is 0 Å². The topological polar surface area (TPSA) is 29.5 Å². The van der Waals surface area contributed by atoms with E-state index in [2.05, 4.69) is 0 Å². The Balaban J connectivity index is 2.55. The molecule has 0 aromatic heterocycles. The fourth-order valence-electron chi connectivity index (χ4n) is 1.72. The van der Waals surface area contributed by atoms with Crippen LogP contribution < -0.4 is 4.74 Å². The third-order valence-corrected chi connectivity index (χ3v) is 2.90. The van der Waals surface area contributed by atoms with Crippen LogP contribution in [-0.2, 0) is 6.61 Å². The predicted octanol–water partition coefficient (Wildman–Crippen LogP) is 3.51. The van der Waals surface area contributed by atoms with Gasteiger partial charge in [0.05, 0.1) is 13.7 Å². The minimum Gasteiger partial charge on any atom is -0.497 e. The molecule has 0 saturated carbocycles. The number of hydrogen-bond donors (Lipinski definition) is 1. The number of rotatable bonds is 3. The third-order valence-electron chi connectivity index (χ3n) is 2.57. The molecule has 0 amide bonds. The van der Waals surface area contributed by atoms with Gasteiger partial charge in [0.1, 0.15) is 5.75 Å². The zero-order valence-corrected chi connectivity index (χ0v) is 10.2. The van der Waals surface area contributed by atoms with E-state index in [9.17, 15) is 5.11 Å². The van der Waals surface area contributed by atoms with E-state index in [-0.39, 0.29) is 6.61 Å². The first-order chi connectivity index (χ1) is 8.24. The molecule has 3 heteroatoms. The summed E-state index contributed by atoms with van der Waals surface area (Å²) in [6, 6.07) is 13.2. The molecule has 0 bridgehead atoms. The number of aliphatic hydroxyl groups excluding tert-OH is 1. The molecular weight excluding hydrogens is 236 g/mol. The van der Waals surface area contributed by atoms with Crippen molar-refractivity contribution < 1.29 is 9.84 Å². The van der Waals surface area contributed by atoms with Gasteiger partial charge < -0.3 is 9.84 Å². The molecule has 0 spiro atoms. The number of aliphatic hydroxyl groups is 1. The third kappa shape index (κ3) is 2.60. The molecule has 2 aromatic rings. The van der Waals surface area contributed by atoms with Crippen molar-refractivity contribution in [2.45, 2.75) is 6.61 Å². The van der Waals surface area contributed by atoms with Crippen LogP contribution in [0.25, 0.3) is 11.1 Å². The number of benzene rings is 2. The zero-order valence-electron chi connectivity index (χ0n) is 9.48. The predicted molar refractivity (Wildman–Crippen MR) is 69.4 cm³/mol. The fourth-order valence-corrected chi connectivity index (χ4v) is 1.97. The highest BCUT2D eigenvalue weighted by Gasteiger charge is 2.06. The molecule has 2 rings (SSSR count). The van der Waals surface area contributed by atoms with Gasteiger partial charge in [-0.2, -0.15) is 0 Å². The van der Waals surface area contributed by atoms with E-state index in [0.29, 0.717) is 10.8 Å². The van der Waals surface area contributed by atoms with Gasteiger partial charge in [0.25, 0.3) is 0 Å². The highest BCUT2D eigenvalue weighted by Crippen LogP contribution is 2.31. The molecule has 1 N–H and O–H groups in total. The van der Waals surface area contributed by atoms with Gasteiger partial charge >= 0.3 is 0 Å². The van der Waals surface area contributed by atoms with Gasteiger partial charge in [0.2, 0.25) is 0 Å². The van der Waals surface area contributed by atoms with Gasteiger partial charge in [0.15, 0.2) is 0 Å². The summed E-state index contributed by atoms with van der Waals surface area (Å²) in [6.45, 7) is -0.0192. The largest absolute Gasteiger partial charge is 0.497 e. The van der Waals surface area contributed by atoms with Crippen LogP contribution >= 0.6 is 11.6 Å². The lowest BCUT2D eigenvalue weighted by Gasteiger charge is -2.09. The first-order valence-electron chi connectivity index (χ1n) is 5.28. The van der Waals surface area contributed by atoms with Crippen LogP contribution in [-0.4, -0.2) is 12.2 Å². The molecule has 0 radical (unpaired) electrons. The standard InChI is InChI=1S/C14H13ClO2/c1-17-12-7-10(9-16)6-11(8-12)13-4-2-3-5-14(13)15/h2-8,16H,9H2,1H3. The highest BCUT2D eigenvalue weighted by atomic mass is 35.5. The van der Waals surface area contributed by atoms with Gasteiger partial charge in [-0.25, -0.2) is 0 Å². The molecule has 0 aliphatic carbocycles. The van der Waals surface area contributed by atoms with E-state index in [1.165, 1.54) is 0 Å². The lowest BCUT2D eigenvalue weighted by Crippen LogP contribution is -1.90. The van der Waals surface area contributed by atoms with Crippen LogP contribution in [0.4, 0.5) is 0 Å². The van der Waals surface area contributed by atoms with E-state index in [1.54, 1.807) is 13.2 Å². The summed E-state index contributed by atoms with van der Waals surface area (Å²) in [4.78, 5) is 0. The summed E-state index contributed by atoms with van der Waals surface area (Å²) < 4.78 is 5.20. The molecule has 0 heterocycles. The van der Waals surface area contributed by atoms with E-state index in [4.69, 9.17) is 16.3 Å². The molecule has 17 heavy (non-hydrogen) atoms. The summed E-state index contributed by atoms with van der Waals surface area (Å²) in [6.07, 6.45) is 0. The van der Waals surface area contributed by atoms with Crippen LogP contribution in [0.1, 0.15) is 5.56 Å². The van der Waals surface area contributed by atoms with E-state index in [0.717, 1.165) is 16.7 Å². The average molecular weight is 249 g/mol. The Bertz CT molecular complexity index is 501. The van der Waals surface area contributed by atoms with Crippen molar-refractivity contribution in [3.63, 3.8) is 0 Å². The van der Waals surface area contributed by atoms with E-state index in [1.807, 2.05) is 36.4 Å².